The molecule has 11 nitrogen and oxygen atoms in total. The Balaban J connectivity index is 1.28. The quantitative estimate of drug-likeness (QED) is 0.303. The van der Waals surface area contributed by atoms with Gasteiger partial charge >= 0.3 is 0 Å². The molecule has 2 bridgehead atoms. The normalized spacial score (nSPS) is 29.0. The van der Waals surface area contributed by atoms with Gasteiger partial charge < -0.3 is 25.4 Å². The van der Waals surface area contributed by atoms with Gasteiger partial charge in [-0.25, -0.2) is 4.68 Å². The average molecular weight is 644 g/mol. The van der Waals surface area contributed by atoms with Crippen LogP contribution in [0.1, 0.15) is 20.3 Å². The van der Waals surface area contributed by atoms with Crippen molar-refractivity contribution < 1.29 is 24.2 Å². The number of hydrogen-bond acceptors (Lipinski definition) is 8. The van der Waals surface area contributed by atoms with E-state index < -0.39 is 28.7 Å². The number of aromatic nitrogens is 3. The highest BCUT2D eigenvalue weighted by Crippen LogP contribution is 2.68. The fraction of sp³-hybridized carbons (Fsp3) is 0.464. The summed E-state index contributed by atoms with van der Waals surface area (Å²) in [5, 5.41) is 24.1. The number of rotatable bonds is 9. The third-order valence-electron chi connectivity index (χ3n) is 8.27. The number of para-hydroxylation sites is 1. The Morgan fingerprint density at radius 1 is 1.22 bits per heavy atom. The Bertz CT molecular complexity index is 1490. The summed E-state index contributed by atoms with van der Waals surface area (Å²) in [7, 11) is 0. The molecular weight excluding hydrogens is 612 g/mol. The Hall–Kier alpha value is -3.16. The van der Waals surface area contributed by atoms with Crippen molar-refractivity contribution in [3.63, 3.8) is 0 Å². The number of hydrogen-bond donors (Lipinski definition) is 3. The van der Waals surface area contributed by atoms with Gasteiger partial charge in [-0.2, -0.15) is 0 Å². The van der Waals surface area contributed by atoms with E-state index in [1.54, 1.807) is 47.6 Å². The molecule has 13 heteroatoms. The first-order valence-corrected chi connectivity index (χ1v) is 15.4. The van der Waals surface area contributed by atoms with E-state index in [2.05, 4.69) is 36.9 Å². The molecular formula is C28H31BrN6O5S. The molecule has 3 unspecified atom stereocenters. The number of nitrogens with zero attached hydrogens (tertiary/aromatic N) is 4. The molecule has 7 atom stereocenters. The zero-order valence-electron chi connectivity index (χ0n) is 22.6. The zero-order valence-corrected chi connectivity index (χ0v) is 25.0. The molecule has 0 aliphatic carbocycles. The minimum absolute atomic E-state index is 0.0634. The predicted octanol–water partition coefficient (Wildman–Crippen LogP) is 2.39. The van der Waals surface area contributed by atoms with E-state index in [9.17, 15) is 19.5 Å². The second kappa shape index (κ2) is 10.9. The lowest BCUT2D eigenvalue weighted by Gasteiger charge is -2.36. The maximum Gasteiger partial charge on any atom is 0.245 e. The van der Waals surface area contributed by atoms with E-state index in [1.165, 1.54) is 4.90 Å². The van der Waals surface area contributed by atoms with Crippen LogP contribution in [0.2, 0.25) is 0 Å². The van der Waals surface area contributed by atoms with Crippen LogP contribution >= 0.6 is 27.7 Å². The molecule has 216 valence electrons. The topological polar surface area (TPSA) is 139 Å². The fourth-order valence-corrected chi connectivity index (χ4v) is 10.1. The molecule has 2 aromatic carbocycles. The summed E-state index contributed by atoms with van der Waals surface area (Å²) in [5.41, 5.74) is 2.09. The summed E-state index contributed by atoms with van der Waals surface area (Å²) in [5.74, 6) is -1.54. The Kier molecular flexibility index (Phi) is 7.45. The van der Waals surface area contributed by atoms with Crippen LogP contribution in [0.5, 0.6) is 5.75 Å². The molecule has 0 radical (unpaired) electrons. The minimum atomic E-state index is -0.865. The number of benzene rings is 2. The summed E-state index contributed by atoms with van der Waals surface area (Å²) in [4.78, 5) is 43.2. The number of halogens is 1. The SMILES string of the molecule is CCOc1ccc(NC(=O)[C@H]2[C@@H]3SC4(CC3Br)C(C(=O)NCn3nnc5ccccc53)N([C@H](C)CO)C(=O)[C@H]24)cc1. The highest BCUT2D eigenvalue weighted by molar-refractivity contribution is 9.09. The van der Waals surface area contributed by atoms with Gasteiger partial charge in [-0.05, 0) is 56.7 Å². The van der Waals surface area contributed by atoms with Crippen LogP contribution in [-0.2, 0) is 21.1 Å². The van der Waals surface area contributed by atoms with Crippen molar-refractivity contribution in [2.24, 2.45) is 11.8 Å². The predicted molar refractivity (Wildman–Crippen MR) is 158 cm³/mol. The fourth-order valence-electron chi connectivity index (χ4n) is 6.54. The largest absolute Gasteiger partial charge is 0.494 e. The van der Waals surface area contributed by atoms with Crippen molar-refractivity contribution in [1.82, 2.24) is 25.2 Å². The van der Waals surface area contributed by atoms with E-state index in [1.807, 2.05) is 31.2 Å². The number of ether oxygens (including phenoxy) is 1. The van der Waals surface area contributed by atoms with Gasteiger partial charge in [0.25, 0.3) is 0 Å². The van der Waals surface area contributed by atoms with Crippen molar-refractivity contribution in [3.05, 3.63) is 48.5 Å². The van der Waals surface area contributed by atoms with E-state index in [0.29, 0.717) is 30.0 Å². The van der Waals surface area contributed by atoms with Crippen molar-refractivity contribution in [3.8, 4) is 5.75 Å². The molecule has 4 heterocycles. The second-order valence-electron chi connectivity index (χ2n) is 10.7. The third-order valence-corrected chi connectivity index (χ3v) is 11.5. The number of anilines is 1. The molecule has 3 aliphatic heterocycles. The van der Waals surface area contributed by atoms with Crippen molar-refractivity contribution in [2.75, 3.05) is 18.5 Å². The van der Waals surface area contributed by atoms with Crippen LogP contribution < -0.4 is 15.4 Å². The van der Waals surface area contributed by atoms with Gasteiger partial charge in [0.1, 0.15) is 24.0 Å². The molecule has 0 saturated carbocycles. The maximum absolute atomic E-state index is 14.1. The lowest BCUT2D eigenvalue weighted by atomic mass is 9.70. The van der Waals surface area contributed by atoms with Crippen LogP contribution in [0.15, 0.2) is 48.5 Å². The molecule has 41 heavy (non-hydrogen) atoms. The molecule has 3 N–H and O–H groups in total. The molecule has 3 aromatic rings. The number of nitrogens with one attached hydrogen (secondary N) is 2. The lowest BCUT2D eigenvalue weighted by Crippen LogP contribution is -2.56. The molecule has 1 spiro atoms. The highest BCUT2D eigenvalue weighted by atomic mass is 79.9. The molecule has 3 aliphatic rings. The van der Waals surface area contributed by atoms with Gasteiger partial charge in [-0.1, -0.05) is 33.3 Å². The van der Waals surface area contributed by atoms with Gasteiger partial charge in [-0.15, -0.1) is 16.9 Å². The average Bonchev–Trinajstić information content (AvgIpc) is 3.69. The van der Waals surface area contributed by atoms with E-state index in [0.717, 1.165) is 5.52 Å². The monoisotopic (exact) mass is 642 g/mol. The second-order valence-corrected chi connectivity index (χ2v) is 13.4. The molecule has 3 fully saturated rings. The van der Waals surface area contributed by atoms with Gasteiger partial charge in [0.05, 0.1) is 41.4 Å². The number of aliphatic hydroxyl groups is 1. The number of carbonyl (C=O) groups excluding carboxylic acids is 3. The standard InChI is InChI=1S/C28H31BrN6O5S/c1-3-40-17-10-8-16(9-11-17)31-25(37)21-22-27(39)35(15(2)13-36)24(28(22)12-18(29)23(21)41-28)26(38)30-14-34-20-7-5-4-6-19(20)32-33-34/h4-11,15,18,21-24,36H,3,12-14H2,1-2H3,(H,30,38)(H,31,37)/t15-,18?,21-,22+,23-,24?,28?/m1/s1. The zero-order chi connectivity index (χ0) is 28.9. The van der Waals surface area contributed by atoms with Crippen molar-refractivity contribution >= 4 is 62.1 Å². The minimum Gasteiger partial charge on any atom is -0.494 e. The molecule has 1 aromatic heterocycles. The number of aliphatic hydroxyl groups excluding tert-OH is 1. The number of carbonyl (C=O) groups is 3. The van der Waals surface area contributed by atoms with E-state index in [4.69, 9.17) is 4.74 Å². The summed E-state index contributed by atoms with van der Waals surface area (Å²) >= 11 is 5.31. The number of thioether (sulfide) groups is 1. The van der Waals surface area contributed by atoms with Crippen LogP contribution in [0.3, 0.4) is 0 Å². The number of alkyl halides is 1. The van der Waals surface area contributed by atoms with Crippen LogP contribution in [0.25, 0.3) is 11.0 Å². The number of amides is 3. The molecule has 3 saturated heterocycles. The van der Waals surface area contributed by atoms with Crippen molar-refractivity contribution in [2.45, 2.75) is 53.8 Å². The van der Waals surface area contributed by atoms with Crippen LogP contribution in [0, 0.1) is 11.8 Å². The van der Waals surface area contributed by atoms with E-state index in [-0.39, 0.29) is 41.1 Å². The van der Waals surface area contributed by atoms with Gasteiger partial charge in [0.15, 0.2) is 0 Å². The maximum atomic E-state index is 14.1. The number of fused-ring (bicyclic) bond motifs is 2. The summed E-state index contributed by atoms with van der Waals surface area (Å²) in [6.45, 7) is 3.93. The van der Waals surface area contributed by atoms with E-state index >= 15 is 0 Å². The Morgan fingerprint density at radius 3 is 2.71 bits per heavy atom. The summed E-state index contributed by atoms with van der Waals surface area (Å²) < 4.78 is 6.26. The van der Waals surface area contributed by atoms with Gasteiger partial charge in [-0.3, -0.25) is 14.4 Å². The Morgan fingerprint density at radius 2 is 1.98 bits per heavy atom. The first-order chi connectivity index (χ1) is 19.8. The summed E-state index contributed by atoms with van der Waals surface area (Å²) in [6, 6.07) is 13.1. The smallest absolute Gasteiger partial charge is 0.245 e. The van der Waals surface area contributed by atoms with Crippen molar-refractivity contribution in [1.29, 1.82) is 0 Å². The van der Waals surface area contributed by atoms with Gasteiger partial charge in [0, 0.05) is 15.8 Å². The summed E-state index contributed by atoms with van der Waals surface area (Å²) in [6.07, 6.45) is 0.546. The first-order valence-electron chi connectivity index (χ1n) is 13.6. The Labute approximate surface area is 249 Å². The first kappa shape index (κ1) is 28.0. The third kappa shape index (κ3) is 4.58. The highest BCUT2D eigenvalue weighted by Gasteiger charge is 2.76. The lowest BCUT2D eigenvalue weighted by molar-refractivity contribution is -0.141. The van der Waals surface area contributed by atoms with Crippen LogP contribution in [0.4, 0.5) is 5.69 Å². The number of likely N-dealkylation sites (tertiary alicyclic amines) is 1. The van der Waals surface area contributed by atoms with Gasteiger partial charge in [0.2, 0.25) is 17.7 Å². The van der Waals surface area contributed by atoms with Crippen LogP contribution in [-0.4, -0.2) is 82.8 Å². The molecule has 3 amide bonds. The molecule has 6 rings (SSSR count).